The van der Waals surface area contributed by atoms with Crippen molar-refractivity contribution in [1.82, 2.24) is 9.62 Å². The quantitative estimate of drug-likeness (QED) is 0.814. The van der Waals surface area contributed by atoms with E-state index in [4.69, 9.17) is 4.42 Å². The van der Waals surface area contributed by atoms with Gasteiger partial charge in [0.05, 0.1) is 5.69 Å². The van der Waals surface area contributed by atoms with Crippen LogP contribution < -0.4 is 10.6 Å². The Hall–Kier alpha value is -1.94. The first-order valence-electron chi connectivity index (χ1n) is 7.65. The number of benzene rings is 1. The van der Waals surface area contributed by atoms with Crippen LogP contribution in [0.4, 0.5) is 10.1 Å². The van der Waals surface area contributed by atoms with Crippen molar-refractivity contribution < 1.29 is 22.0 Å². The SMILES string of the molecule is CN(C)S(=O)(=O)c1ccc(C(=O)Nc2ccc3c(c2F)CCNC3)o1.Cl. The Morgan fingerprint density at radius 3 is 2.69 bits per heavy atom. The maximum absolute atomic E-state index is 14.6. The van der Waals surface area contributed by atoms with Gasteiger partial charge in [0.15, 0.2) is 5.76 Å². The first-order valence-corrected chi connectivity index (χ1v) is 9.09. The van der Waals surface area contributed by atoms with E-state index < -0.39 is 21.7 Å². The van der Waals surface area contributed by atoms with Crippen molar-refractivity contribution >= 4 is 34.0 Å². The fourth-order valence-electron chi connectivity index (χ4n) is 2.57. The molecule has 2 N–H and O–H groups in total. The number of hydrogen-bond donors (Lipinski definition) is 2. The molecule has 2 heterocycles. The van der Waals surface area contributed by atoms with E-state index in [1.54, 1.807) is 6.07 Å². The average Bonchev–Trinajstić information content (AvgIpc) is 3.08. The second-order valence-corrected chi connectivity index (χ2v) is 7.93. The van der Waals surface area contributed by atoms with Gasteiger partial charge in [-0.3, -0.25) is 4.79 Å². The van der Waals surface area contributed by atoms with E-state index in [1.807, 2.05) is 0 Å². The first kappa shape index (κ1) is 20.4. The van der Waals surface area contributed by atoms with E-state index in [2.05, 4.69) is 10.6 Å². The molecule has 0 saturated carbocycles. The second-order valence-electron chi connectivity index (χ2n) is 5.85. The van der Waals surface area contributed by atoms with Gasteiger partial charge in [-0.25, -0.2) is 17.1 Å². The van der Waals surface area contributed by atoms with Crippen LogP contribution in [0.25, 0.3) is 0 Å². The third-order valence-corrected chi connectivity index (χ3v) is 5.69. The number of furan rings is 1. The van der Waals surface area contributed by atoms with Crippen LogP contribution >= 0.6 is 12.4 Å². The molecule has 0 spiro atoms. The lowest BCUT2D eigenvalue weighted by Gasteiger charge is -2.19. The molecule has 1 amide bonds. The number of rotatable bonds is 4. The summed E-state index contributed by atoms with van der Waals surface area (Å²) < 4.78 is 44.6. The molecule has 2 aromatic rings. The predicted molar refractivity (Wildman–Crippen MR) is 96.6 cm³/mol. The van der Waals surface area contributed by atoms with Gasteiger partial charge in [-0.2, -0.15) is 0 Å². The van der Waals surface area contributed by atoms with Crippen LogP contribution in [0.1, 0.15) is 21.7 Å². The number of amides is 1. The summed E-state index contributed by atoms with van der Waals surface area (Å²) in [5.41, 5.74) is 1.48. The molecule has 142 valence electrons. The maximum atomic E-state index is 14.6. The number of nitrogens with zero attached hydrogens (tertiary/aromatic N) is 1. The Balaban J connectivity index is 0.00000243. The van der Waals surface area contributed by atoms with Gasteiger partial charge < -0.3 is 15.1 Å². The lowest BCUT2D eigenvalue weighted by molar-refractivity contribution is 0.0991. The van der Waals surface area contributed by atoms with Gasteiger partial charge in [0, 0.05) is 20.6 Å². The van der Waals surface area contributed by atoms with Crippen LogP contribution in [0.15, 0.2) is 33.8 Å². The zero-order valence-electron chi connectivity index (χ0n) is 14.2. The van der Waals surface area contributed by atoms with E-state index in [1.165, 1.54) is 32.3 Å². The van der Waals surface area contributed by atoms with Crippen LogP contribution in [0, 0.1) is 5.82 Å². The Kier molecular flexibility index (Phi) is 6.07. The Labute approximate surface area is 157 Å². The molecule has 0 bridgehead atoms. The highest BCUT2D eigenvalue weighted by atomic mass is 35.5. The number of carbonyl (C=O) groups excluding carboxylic acids is 1. The Morgan fingerprint density at radius 1 is 1.27 bits per heavy atom. The summed E-state index contributed by atoms with van der Waals surface area (Å²) in [5, 5.41) is 5.24. The summed E-state index contributed by atoms with van der Waals surface area (Å²) in [6, 6.07) is 5.68. The van der Waals surface area contributed by atoms with Crippen molar-refractivity contribution in [2.75, 3.05) is 26.0 Å². The number of nitrogens with one attached hydrogen (secondary N) is 2. The monoisotopic (exact) mass is 403 g/mol. The summed E-state index contributed by atoms with van der Waals surface area (Å²) in [6.45, 7) is 1.26. The molecule has 0 atom stereocenters. The van der Waals surface area contributed by atoms with E-state index in [0.717, 1.165) is 9.87 Å². The van der Waals surface area contributed by atoms with Crippen molar-refractivity contribution in [3.8, 4) is 0 Å². The van der Waals surface area contributed by atoms with E-state index in [0.29, 0.717) is 25.1 Å². The highest BCUT2D eigenvalue weighted by Crippen LogP contribution is 2.25. The lowest BCUT2D eigenvalue weighted by atomic mass is 9.99. The van der Waals surface area contributed by atoms with Gasteiger partial charge in [0.1, 0.15) is 5.82 Å². The number of sulfonamides is 1. The van der Waals surface area contributed by atoms with Crippen molar-refractivity contribution in [2.24, 2.45) is 0 Å². The van der Waals surface area contributed by atoms with Crippen LogP contribution in [0.3, 0.4) is 0 Å². The standard InChI is InChI=1S/C16H18FN3O4S.ClH/c1-20(2)25(22,23)14-6-5-13(24-14)16(21)19-12-4-3-10-9-18-8-7-11(10)15(12)17;/h3-6,18H,7-9H2,1-2H3,(H,19,21);1H. The zero-order chi connectivity index (χ0) is 18.2. The zero-order valence-corrected chi connectivity index (χ0v) is 15.8. The number of fused-ring (bicyclic) bond motifs is 1. The van der Waals surface area contributed by atoms with Gasteiger partial charge in [-0.15, -0.1) is 12.4 Å². The molecule has 0 saturated heterocycles. The molecular weight excluding hydrogens is 385 g/mol. The predicted octanol–water partition coefficient (Wildman–Crippen LogP) is 1.99. The topological polar surface area (TPSA) is 91.7 Å². The van der Waals surface area contributed by atoms with Crippen molar-refractivity contribution in [3.05, 3.63) is 47.0 Å². The molecule has 3 rings (SSSR count). The fraction of sp³-hybridized carbons (Fsp3) is 0.312. The maximum Gasteiger partial charge on any atom is 0.291 e. The van der Waals surface area contributed by atoms with Crippen molar-refractivity contribution in [3.63, 3.8) is 0 Å². The Morgan fingerprint density at radius 2 is 2.00 bits per heavy atom. The molecule has 10 heteroatoms. The Bertz CT molecular complexity index is 928. The number of hydrogen-bond acceptors (Lipinski definition) is 5. The molecule has 1 aliphatic heterocycles. The number of anilines is 1. The minimum absolute atomic E-state index is 0. The summed E-state index contributed by atoms with van der Waals surface area (Å²) in [7, 11) is -1.06. The molecule has 1 aromatic carbocycles. The summed E-state index contributed by atoms with van der Waals surface area (Å²) in [5.74, 6) is -1.40. The normalized spacial score (nSPS) is 13.8. The van der Waals surface area contributed by atoms with E-state index >= 15 is 0 Å². The van der Waals surface area contributed by atoms with Crippen LogP contribution in [-0.4, -0.2) is 39.3 Å². The van der Waals surface area contributed by atoms with Crippen LogP contribution in [-0.2, 0) is 23.0 Å². The molecule has 0 aliphatic carbocycles. The lowest BCUT2D eigenvalue weighted by Crippen LogP contribution is -2.25. The molecule has 26 heavy (non-hydrogen) atoms. The van der Waals surface area contributed by atoms with Gasteiger partial charge in [-0.05, 0) is 42.3 Å². The number of halogens is 2. The van der Waals surface area contributed by atoms with E-state index in [9.17, 15) is 17.6 Å². The average molecular weight is 404 g/mol. The van der Waals surface area contributed by atoms with E-state index in [-0.39, 0.29) is 28.9 Å². The minimum Gasteiger partial charge on any atom is -0.438 e. The highest BCUT2D eigenvalue weighted by molar-refractivity contribution is 7.88. The molecule has 0 fully saturated rings. The largest absolute Gasteiger partial charge is 0.438 e. The number of carbonyl (C=O) groups is 1. The van der Waals surface area contributed by atoms with Crippen molar-refractivity contribution in [2.45, 2.75) is 18.1 Å². The second kappa shape index (κ2) is 7.75. The van der Waals surface area contributed by atoms with Crippen molar-refractivity contribution in [1.29, 1.82) is 0 Å². The summed E-state index contributed by atoms with van der Waals surface area (Å²) in [6.07, 6.45) is 0.539. The first-order chi connectivity index (χ1) is 11.8. The smallest absolute Gasteiger partial charge is 0.291 e. The van der Waals surface area contributed by atoms with Crippen LogP contribution in [0.2, 0.25) is 0 Å². The third-order valence-electron chi connectivity index (χ3n) is 4.00. The van der Waals surface area contributed by atoms with Gasteiger partial charge in [0.25, 0.3) is 15.9 Å². The van der Waals surface area contributed by atoms with Gasteiger partial charge in [-0.1, -0.05) is 6.07 Å². The van der Waals surface area contributed by atoms with Gasteiger partial charge in [0.2, 0.25) is 5.09 Å². The molecule has 0 radical (unpaired) electrons. The highest BCUT2D eigenvalue weighted by Gasteiger charge is 2.24. The summed E-state index contributed by atoms with van der Waals surface area (Å²) >= 11 is 0. The van der Waals surface area contributed by atoms with Gasteiger partial charge >= 0.3 is 0 Å². The molecule has 0 unspecified atom stereocenters. The molecule has 1 aromatic heterocycles. The molecule has 7 nitrogen and oxygen atoms in total. The minimum atomic E-state index is -3.78. The molecule has 1 aliphatic rings. The molecular formula is C16H19ClFN3O4S. The third kappa shape index (κ3) is 3.75. The van der Waals surface area contributed by atoms with Crippen LogP contribution in [0.5, 0.6) is 0 Å². The fourth-order valence-corrected chi connectivity index (χ4v) is 3.37. The summed E-state index contributed by atoms with van der Waals surface area (Å²) in [4.78, 5) is 12.3.